The van der Waals surface area contributed by atoms with Crippen LogP contribution in [-0.4, -0.2) is 32.6 Å². The molecule has 0 aromatic heterocycles. The van der Waals surface area contributed by atoms with Gasteiger partial charge in [0.25, 0.3) is 5.69 Å². The molecule has 10 heteroatoms. The van der Waals surface area contributed by atoms with Gasteiger partial charge in [0.1, 0.15) is 18.4 Å². The molecule has 0 fully saturated rings. The summed E-state index contributed by atoms with van der Waals surface area (Å²) in [6, 6.07) is 10.6. The Morgan fingerprint density at radius 2 is 1.96 bits per heavy atom. The summed E-state index contributed by atoms with van der Waals surface area (Å²) in [7, 11) is -4.02. The molecule has 2 aromatic carbocycles. The average molecular weight is 365 g/mol. The van der Waals surface area contributed by atoms with E-state index in [1.807, 2.05) is 12.1 Å². The molecule has 1 aliphatic rings. The molecule has 0 amide bonds. The maximum Gasteiger partial charge on any atom is 0.293 e. The highest BCUT2D eigenvalue weighted by atomic mass is 32.2. The molecule has 3 N–H and O–H groups in total. The fraction of sp³-hybridized carbons (Fsp3) is 0.200. The zero-order valence-electron chi connectivity index (χ0n) is 12.9. The molecule has 1 atom stereocenters. The third-order valence-electron chi connectivity index (χ3n) is 3.58. The predicted octanol–water partition coefficient (Wildman–Crippen LogP) is 1.49. The van der Waals surface area contributed by atoms with E-state index in [9.17, 15) is 18.5 Å². The normalized spacial score (nSPS) is 16.3. The largest absolute Gasteiger partial charge is 0.486 e. The van der Waals surface area contributed by atoms with Crippen molar-refractivity contribution in [3.63, 3.8) is 0 Å². The number of ether oxygens (including phenoxy) is 2. The van der Waals surface area contributed by atoms with Crippen molar-refractivity contribution in [3.8, 4) is 11.5 Å². The van der Waals surface area contributed by atoms with Crippen LogP contribution in [0.5, 0.6) is 11.5 Å². The lowest BCUT2D eigenvalue weighted by Crippen LogP contribution is -2.35. The van der Waals surface area contributed by atoms with Crippen LogP contribution in [0, 0.1) is 10.1 Å². The van der Waals surface area contributed by atoms with E-state index in [1.54, 1.807) is 12.1 Å². The maximum atomic E-state index is 11.3. The van der Waals surface area contributed by atoms with E-state index >= 15 is 0 Å². The van der Waals surface area contributed by atoms with Crippen LogP contribution in [0.1, 0.15) is 0 Å². The molecule has 0 radical (unpaired) electrons. The number of nitrogens with zero attached hydrogens (tertiary/aromatic N) is 1. The zero-order chi connectivity index (χ0) is 18.0. The topological polar surface area (TPSA) is 134 Å². The van der Waals surface area contributed by atoms with E-state index in [1.165, 1.54) is 12.1 Å². The number of sulfonamides is 1. The molecule has 132 valence electrons. The highest BCUT2D eigenvalue weighted by Crippen LogP contribution is 2.31. The molecule has 2 aromatic rings. The monoisotopic (exact) mass is 365 g/mol. The number of primary sulfonamides is 1. The van der Waals surface area contributed by atoms with Gasteiger partial charge in [-0.25, -0.2) is 13.6 Å². The van der Waals surface area contributed by atoms with Gasteiger partial charge in [0.15, 0.2) is 11.5 Å². The van der Waals surface area contributed by atoms with Crippen molar-refractivity contribution in [1.82, 2.24) is 0 Å². The van der Waals surface area contributed by atoms with Gasteiger partial charge in [0, 0.05) is 6.07 Å². The number of rotatable bonds is 5. The Morgan fingerprint density at radius 3 is 2.64 bits per heavy atom. The molecule has 0 saturated heterocycles. The fourth-order valence-electron chi connectivity index (χ4n) is 2.38. The van der Waals surface area contributed by atoms with Crippen molar-refractivity contribution >= 4 is 21.4 Å². The number of nitrogens with one attached hydrogen (secondary N) is 1. The van der Waals surface area contributed by atoms with Crippen molar-refractivity contribution in [2.75, 3.05) is 18.5 Å². The smallest absolute Gasteiger partial charge is 0.293 e. The molecular formula is C15H15N3O6S. The van der Waals surface area contributed by atoms with Crippen molar-refractivity contribution < 1.29 is 22.8 Å². The molecule has 3 rings (SSSR count). The number of para-hydroxylation sites is 2. The van der Waals surface area contributed by atoms with Crippen LogP contribution < -0.4 is 19.9 Å². The number of hydrogen-bond acceptors (Lipinski definition) is 7. The van der Waals surface area contributed by atoms with Gasteiger partial charge in [0.05, 0.1) is 16.4 Å². The van der Waals surface area contributed by atoms with E-state index in [2.05, 4.69) is 5.32 Å². The molecule has 1 heterocycles. The summed E-state index contributed by atoms with van der Waals surface area (Å²) in [5.41, 5.74) is -0.219. The Morgan fingerprint density at radius 1 is 1.24 bits per heavy atom. The SMILES string of the molecule is NS(=O)(=O)c1ccc(NC[C@H]2COc3ccccc3O2)c([N+](=O)[O-])c1. The first-order valence-corrected chi connectivity index (χ1v) is 8.83. The summed E-state index contributed by atoms with van der Waals surface area (Å²) in [4.78, 5) is 10.2. The quantitative estimate of drug-likeness (QED) is 0.605. The highest BCUT2D eigenvalue weighted by molar-refractivity contribution is 7.89. The van der Waals surface area contributed by atoms with E-state index in [4.69, 9.17) is 14.6 Å². The first-order valence-electron chi connectivity index (χ1n) is 7.28. The molecule has 0 aliphatic carbocycles. The second kappa shape index (κ2) is 6.57. The Hall–Kier alpha value is -2.85. The Bertz CT molecular complexity index is 915. The van der Waals surface area contributed by atoms with Crippen molar-refractivity contribution in [3.05, 3.63) is 52.6 Å². The van der Waals surface area contributed by atoms with Gasteiger partial charge in [-0.1, -0.05) is 12.1 Å². The van der Waals surface area contributed by atoms with Gasteiger partial charge in [-0.3, -0.25) is 10.1 Å². The molecule has 1 aliphatic heterocycles. The number of benzene rings is 2. The van der Waals surface area contributed by atoms with E-state index in [0.717, 1.165) is 6.07 Å². The van der Waals surface area contributed by atoms with Crippen LogP contribution >= 0.6 is 0 Å². The van der Waals surface area contributed by atoms with Crippen molar-refractivity contribution in [2.24, 2.45) is 5.14 Å². The summed E-state index contributed by atoms with van der Waals surface area (Å²) in [6.07, 6.45) is -0.354. The van der Waals surface area contributed by atoms with Crippen molar-refractivity contribution in [2.45, 2.75) is 11.0 Å². The minimum Gasteiger partial charge on any atom is -0.486 e. The number of fused-ring (bicyclic) bond motifs is 1. The highest BCUT2D eigenvalue weighted by Gasteiger charge is 2.23. The minimum absolute atomic E-state index is 0.167. The Kier molecular flexibility index (Phi) is 4.47. The molecule has 0 spiro atoms. The number of nitro benzene ring substituents is 1. The van der Waals surface area contributed by atoms with E-state index < -0.39 is 14.9 Å². The van der Waals surface area contributed by atoms with Crippen LogP contribution in [0.4, 0.5) is 11.4 Å². The maximum absolute atomic E-state index is 11.3. The van der Waals surface area contributed by atoms with Gasteiger partial charge >= 0.3 is 0 Å². The second-order valence-electron chi connectivity index (χ2n) is 5.36. The third-order valence-corrected chi connectivity index (χ3v) is 4.49. The number of nitrogens with two attached hydrogens (primary N) is 1. The standard InChI is InChI=1S/C15H15N3O6S/c16-25(21,22)11-5-6-12(13(7-11)18(19)20)17-8-10-9-23-14-3-1-2-4-15(14)24-10/h1-7,10,17H,8-9H2,(H2,16,21,22)/t10-/m0/s1. The molecule has 0 unspecified atom stereocenters. The number of anilines is 1. The third kappa shape index (κ3) is 3.80. The van der Waals surface area contributed by atoms with E-state index in [0.29, 0.717) is 11.5 Å². The minimum atomic E-state index is -4.02. The van der Waals surface area contributed by atoms with Crippen LogP contribution in [0.15, 0.2) is 47.4 Å². The Balaban J connectivity index is 1.74. The predicted molar refractivity (Wildman–Crippen MR) is 89.3 cm³/mol. The summed E-state index contributed by atoms with van der Waals surface area (Å²) in [6.45, 7) is 0.525. The summed E-state index contributed by atoms with van der Waals surface area (Å²) < 4.78 is 34.0. The van der Waals surface area contributed by atoms with Gasteiger partial charge in [0.2, 0.25) is 10.0 Å². The lowest BCUT2D eigenvalue weighted by Gasteiger charge is -2.26. The lowest BCUT2D eigenvalue weighted by atomic mass is 10.2. The second-order valence-corrected chi connectivity index (χ2v) is 6.92. The average Bonchev–Trinajstić information content (AvgIpc) is 2.58. The molecule has 0 saturated carbocycles. The van der Waals surface area contributed by atoms with E-state index in [-0.39, 0.29) is 35.5 Å². The zero-order valence-corrected chi connectivity index (χ0v) is 13.7. The van der Waals surface area contributed by atoms with Crippen LogP contribution in [0.25, 0.3) is 0 Å². The molecule has 0 bridgehead atoms. The van der Waals surface area contributed by atoms with Crippen LogP contribution in [0.2, 0.25) is 0 Å². The first kappa shape index (κ1) is 17.0. The molecule has 25 heavy (non-hydrogen) atoms. The van der Waals surface area contributed by atoms with Crippen LogP contribution in [0.3, 0.4) is 0 Å². The van der Waals surface area contributed by atoms with Gasteiger partial charge < -0.3 is 14.8 Å². The van der Waals surface area contributed by atoms with Gasteiger partial charge in [-0.05, 0) is 24.3 Å². The number of nitro groups is 1. The molecular weight excluding hydrogens is 350 g/mol. The summed E-state index contributed by atoms with van der Waals surface area (Å²) in [5.74, 6) is 1.24. The summed E-state index contributed by atoms with van der Waals surface area (Å²) in [5, 5.41) is 19.1. The molecule has 9 nitrogen and oxygen atoms in total. The van der Waals surface area contributed by atoms with Gasteiger partial charge in [-0.2, -0.15) is 0 Å². The van der Waals surface area contributed by atoms with Crippen molar-refractivity contribution in [1.29, 1.82) is 0 Å². The van der Waals surface area contributed by atoms with Gasteiger partial charge in [-0.15, -0.1) is 0 Å². The summed E-state index contributed by atoms with van der Waals surface area (Å²) >= 11 is 0. The van der Waals surface area contributed by atoms with Crippen LogP contribution in [-0.2, 0) is 10.0 Å². The first-order chi connectivity index (χ1) is 11.8. The number of hydrogen-bond donors (Lipinski definition) is 2. The fourth-order valence-corrected chi connectivity index (χ4v) is 2.91. The lowest BCUT2D eigenvalue weighted by molar-refractivity contribution is -0.384. The Labute approximate surface area is 143 Å².